The Balaban J connectivity index is 1.73. The van der Waals surface area contributed by atoms with Gasteiger partial charge in [0.05, 0.1) is 18.3 Å². The second kappa shape index (κ2) is 7.67. The van der Waals surface area contributed by atoms with Crippen LogP contribution in [-0.2, 0) is 17.5 Å². The molecule has 28 heavy (non-hydrogen) atoms. The fourth-order valence-corrected chi connectivity index (χ4v) is 2.45. The molecule has 3 rings (SSSR count). The number of rotatable bonds is 5. The SMILES string of the molecule is Cc1cc(-c2ncn(/C=C\C(=O)N(C)Cc3cnco3)n2)cc(C(F)(F)F)c1. The Kier molecular flexibility index (Phi) is 5.30. The molecule has 0 saturated heterocycles. The van der Waals surface area contributed by atoms with Crippen LogP contribution >= 0.6 is 0 Å². The Labute approximate surface area is 158 Å². The lowest BCUT2D eigenvalue weighted by Crippen LogP contribution is -2.24. The van der Waals surface area contributed by atoms with Crippen LogP contribution in [0.25, 0.3) is 17.6 Å². The molecule has 0 atom stereocenters. The minimum atomic E-state index is -4.45. The van der Waals surface area contributed by atoms with E-state index in [4.69, 9.17) is 4.42 Å². The van der Waals surface area contributed by atoms with Gasteiger partial charge in [-0.3, -0.25) is 4.79 Å². The zero-order chi connectivity index (χ0) is 20.3. The van der Waals surface area contributed by atoms with Crippen molar-refractivity contribution in [3.63, 3.8) is 0 Å². The Morgan fingerprint density at radius 3 is 2.79 bits per heavy atom. The third kappa shape index (κ3) is 4.64. The molecule has 146 valence electrons. The third-order valence-corrected chi connectivity index (χ3v) is 3.79. The Bertz CT molecular complexity index is 993. The van der Waals surface area contributed by atoms with E-state index in [2.05, 4.69) is 15.1 Å². The molecular weight excluding hydrogens is 375 g/mol. The zero-order valence-electron chi connectivity index (χ0n) is 15.0. The topological polar surface area (TPSA) is 77.0 Å². The first kappa shape index (κ1) is 19.3. The van der Waals surface area contributed by atoms with Gasteiger partial charge in [-0.1, -0.05) is 0 Å². The summed E-state index contributed by atoms with van der Waals surface area (Å²) in [5, 5.41) is 4.10. The smallest absolute Gasteiger partial charge is 0.416 e. The van der Waals surface area contributed by atoms with Gasteiger partial charge in [0.25, 0.3) is 0 Å². The van der Waals surface area contributed by atoms with Crippen molar-refractivity contribution in [3.8, 4) is 11.4 Å². The van der Waals surface area contributed by atoms with Gasteiger partial charge >= 0.3 is 6.18 Å². The number of carbonyl (C=O) groups is 1. The zero-order valence-corrected chi connectivity index (χ0v) is 15.0. The first-order valence-electron chi connectivity index (χ1n) is 8.13. The Hall–Kier alpha value is -3.43. The first-order chi connectivity index (χ1) is 13.2. The molecular formula is C18H16F3N5O2. The monoisotopic (exact) mass is 391 g/mol. The van der Waals surface area contributed by atoms with Gasteiger partial charge in [-0.25, -0.2) is 14.6 Å². The summed E-state index contributed by atoms with van der Waals surface area (Å²) >= 11 is 0. The fraction of sp³-hybridized carbons (Fsp3) is 0.222. The van der Waals surface area contributed by atoms with Crippen LogP contribution in [0, 0.1) is 6.92 Å². The maximum Gasteiger partial charge on any atom is 0.416 e. The second-order valence-electron chi connectivity index (χ2n) is 6.11. The van der Waals surface area contributed by atoms with Crippen molar-refractivity contribution in [2.24, 2.45) is 0 Å². The van der Waals surface area contributed by atoms with E-state index < -0.39 is 11.7 Å². The maximum atomic E-state index is 13.0. The van der Waals surface area contributed by atoms with Gasteiger partial charge in [-0.2, -0.15) is 13.2 Å². The van der Waals surface area contributed by atoms with E-state index in [9.17, 15) is 18.0 Å². The summed E-state index contributed by atoms with van der Waals surface area (Å²) in [6.45, 7) is 1.81. The van der Waals surface area contributed by atoms with Gasteiger partial charge in [0, 0.05) is 24.9 Å². The molecule has 0 N–H and O–H groups in total. The van der Waals surface area contributed by atoms with Crippen LogP contribution in [0.2, 0.25) is 0 Å². The summed E-state index contributed by atoms with van der Waals surface area (Å²) in [6, 6.07) is 3.62. The number of aryl methyl sites for hydroxylation is 1. The quantitative estimate of drug-likeness (QED) is 0.623. The largest absolute Gasteiger partial charge is 0.447 e. The molecule has 7 nitrogen and oxygen atoms in total. The molecule has 0 bridgehead atoms. The number of hydrogen-bond donors (Lipinski definition) is 0. The highest BCUT2D eigenvalue weighted by atomic mass is 19.4. The van der Waals surface area contributed by atoms with E-state index in [0.717, 1.165) is 12.1 Å². The van der Waals surface area contributed by atoms with E-state index >= 15 is 0 Å². The van der Waals surface area contributed by atoms with Crippen molar-refractivity contribution in [3.05, 3.63) is 60.1 Å². The minimum absolute atomic E-state index is 0.126. The van der Waals surface area contributed by atoms with Gasteiger partial charge in [-0.05, 0) is 30.7 Å². The number of carbonyl (C=O) groups excluding carboxylic acids is 1. The van der Waals surface area contributed by atoms with Gasteiger partial charge in [0.15, 0.2) is 12.2 Å². The lowest BCUT2D eigenvalue weighted by Gasteiger charge is -2.12. The predicted octanol–water partition coefficient (Wildman–Crippen LogP) is 3.39. The molecule has 2 aromatic heterocycles. The lowest BCUT2D eigenvalue weighted by molar-refractivity contribution is -0.137. The van der Waals surface area contributed by atoms with E-state index in [0.29, 0.717) is 11.3 Å². The number of oxazole rings is 1. The summed E-state index contributed by atoms with van der Waals surface area (Å²) in [5.41, 5.74) is -0.0761. The Morgan fingerprint density at radius 1 is 1.32 bits per heavy atom. The molecule has 1 amide bonds. The van der Waals surface area contributed by atoms with E-state index in [-0.39, 0.29) is 23.8 Å². The standard InChI is InChI=1S/C18H16F3N5O2/c1-12-5-13(7-14(6-12)18(19,20)21)17-23-10-26(24-17)4-3-16(27)25(2)9-15-8-22-11-28-15/h3-8,10-11H,9H2,1-2H3/b4-3-. The van der Waals surface area contributed by atoms with Crippen LogP contribution in [-0.4, -0.2) is 37.6 Å². The highest BCUT2D eigenvalue weighted by Crippen LogP contribution is 2.32. The highest BCUT2D eigenvalue weighted by molar-refractivity contribution is 5.89. The van der Waals surface area contributed by atoms with Crippen LogP contribution in [0.3, 0.4) is 0 Å². The van der Waals surface area contributed by atoms with Crippen molar-refractivity contribution >= 4 is 12.1 Å². The summed E-state index contributed by atoms with van der Waals surface area (Å²) in [4.78, 5) is 21.3. The summed E-state index contributed by atoms with van der Waals surface area (Å²) in [5.74, 6) is 0.344. The molecule has 10 heteroatoms. The molecule has 0 saturated carbocycles. The van der Waals surface area contributed by atoms with Crippen LogP contribution in [0.5, 0.6) is 0 Å². The first-order valence-corrected chi connectivity index (χ1v) is 8.13. The molecule has 0 radical (unpaired) electrons. The van der Waals surface area contributed by atoms with E-state index in [1.807, 2.05) is 0 Å². The number of benzene rings is 1. The molecule has 3 aromatic rings. The number of nitrogens with zero attached hydrogens (tertiary/aromatic N) is 5. The van der Waals surface area contributed by atoms with Crippen molar-refractivity contribution in [1.29, 1.82) is 0 Å². The average molecular weight is 391 g/mol. The summed E-state index contributed by atoms with van der Waals surface area (Å²) < 4.78 is 45.3. The van der Waals surface area contributed by atoms with E-state index in [1.165, 1.54) is 40.8 Å². The minimum Gasteiger partial charge on any atom is -0.447 e. The molecule has 0 fully saturated rings. The molecule has 0 aliphatic heterocycles. The van der Waals surface area contributed by atoms with Crippen LogP contribution in [0.1, 0.15) is 16.9 Å². The Morgan fingerprint density at radius 2 is 2.11 bits per heavy atom. The normalized spacial score (nSPS) is 11.9. The van der Waals surface area contributed by atoms with Crippen molar-refractivity contribution in [2.75, 3.05) is 7.05 Å². The number of aromatic nitrogens is 4. The highest BCUT2D eigenvalue weighted by Gasteiger charge is 2.31. The summed E-state index contributed by atoms with van der Waals surface area (Å²) in [6.07, 6.45) is 2.28. The van der Waals surface area contributed by atoms with Crippen molar-refractivity contribution < 1.29 is 22.4 Å². The van der Waals surface area contributed by atoms with Crippen molar-refractivity contribution in [1.82, 2.24) is 24.6 Å². The van der Waals surface area contributed by atoms with Gasteiger partial charge in [0.2, 0.25) is 5.91 Å². The van der Waals surface area contributed by atoms with Crippen LogP contribution < -0.4 is 0 Å². The second-order valence-corrected chi connectivity index (χ2v) is 6.11. The fourth-order valence-electron chi connectivity index (χ4n) is 2.45. The van der Waals surface area contributed by atoms with Crippen LogP contribution in [0.15, 0.2) is 47.6 Å². The van der Waals surface area contributed by atoms with Gasteiger partial charge in [-0.15, -0.1) is 5.10 Å². The number of halogens is 3. The predicted molar refractivity (Wildman–Crippen MR) is 93.5 cm³/mol. The lowest BCUT2D eigenvalue weighted by atomic mass is 10.1. The number of alkyl halides is 3. The summed E-state index contributed by atoms with van der Waals surface area (Å²) in [7, 11) is 1.59. The molecule has 0 spiro atoms. The molecule has 0 aliphatic rings. The number of amides is 1. The van der Waals surface area contributed by atoms with Crippen LogP contribution in [0.4, 0.5) is 13.2 Å². The number of hydrogen-bond acceptors (Lipinski definition) is 5. The molecule has 1 aromatic carbocycles. The maximum absolute atomic E-state index is 13.0. The molecule has 0 unspecified atom stereocenters. The van der Waals surface area contributed by atoms with Crippen molar-refractivity contribution in [2.45, 2.75) is 19.6 Å². The molecule has 2 heterocycles. The van der Waals surface area contributed by atoms with E-state index in [1.54, 1.807) is 20.0 Å². The number of likely N-dealkylation sites (N-methyl/N-ethyl adjacent to an activating group) is 1. The molecule has 0 aliphatic carbocycles. The average Bonchev–Trinajstić information content (AvgIpc) is 3.30. The van der Waals surface area contributed by atoms with Gasteiger partial charge < -0.3 is 9.32 Å². The van der Waals surface area contributed by atoms with Gasteiger partial charge in [0.1, 0.15) is 12.1 Å². The third-order valence-electron chi connectivity index (χ3n) is 3.79.